The highest BCUT2D eigenvalue weighted by Crippen LogP contribution is 2.37. The normalized spacial score (nSPS) is 11.2. The number of anilines is 2. The fourth-order valence-corrected chi connectivity index (χ4v) is 3.23. The number of thiophene rings is 1. The maximum Gasteiger partial charge on any atom is 0.160 e. The Morgan fingerprint density at radius 1 is 1.05 bits per heavy atom. The SMILES string of the molecule is Nc1ccc(NCc2cccs2)c2oc3ccccc3c12. The molecule has 0 unspecified atom stereocenters. The van der Waals surface area contributed by atoms with Gasteiger partial charge in [0.05, 0.1) is 11.1 Å². The number of rotatable bonds is 3. The van der Waals surface area contributed by atoms with E-state index in [0.29, 0.717) is 0 Å². The van der Waals surface area contributed by atoms with Crippen LogP contribution in [0, 0.1) is 0 Å². The van der Waals surface area contributed by atoms with Gasteiger partial charge in [-0.2, -0.15) is 0 Å². The first kappa shape index (κ1) is 12.3. The Bertz CT molecular complexity index is 909. The third-order valence-electron chi connectivity index (χ3n) is 3.59. The van der Waals surface area contributed by atoms with Gasteiger partial charge in [-0.3, -0.25) is 0 Å². The lowest BCUT2D eigenvalue weighted by atomic mass is 10.1. The zero-order valence-corrected chi connectivity index (χ0v) is 12.1. The van der Waals surface area contributed by atoms with Crippen LogP contribution in [0.2, 0.25) is 0 Å². The molecule has 0 spiro atoms. The Kier molecular flexibility index (Phi) is 2.82. The van der Waals surface area contributed by atoms with Crippen molar-refractivity contribution in [1.29, 1.82) is 0 Å². The van der Waals surface area contributed by atoms with E-state index in [2.05, 4.69) is 22.8 Å². The smallest absolute Gasteiger partial charge is 0.160 e. The second kappa shape index (κ2) is 4.82. The molecule has 0 amide bonds. The van der Waals surface area contributed by atoms with Crippen LogP contribution in [0.25, 0.3) is 21.9 Å². The van der Waals surface area contributed by atoms with Gasteiger partial charge < -0.3 is 15.5 Å². The van der Waals surface area contributed by atoms with Crippen LogP contribution >= 0.6 is 11.3 Å². The highest BCUT2D eigenvalue weighted by atomic mass is 32.1. The Morgan fingerprint density at radius 3 is 2.81 bits per heavy atom. The largest absolute Gasteiger partial charge is 0.454 e. The molecule has 3 N–H and O–H groups in total. The molecule has 0 aliphatic heterocycles. The number of nitrogens with one attached hydrogen (secondary N) is 1. The summed E-state index contributed by atoms with van der Waals surface area (Å²) in [5.74, 6) is 0. The molecule has 4 aromatic rings. The van der Waals surface area contributed by atoms with E-state index in [1.165, 1.54) is 4.88 Å². The molecule has 0 saturated heterocycles. The minimum absolute atomic E-state index is 0.747. The molecule has 2 heterocycles. The average Bonchev–Trinajstić information content (AvgIpc) is 3.14. The van der Waals surface area contributed by atoms with Crippen LogP contribution in [-0.4, -0.2) is 0 Å². The summed E-state index contributed by atoms with van der Waals surface area (Å²) in [6.07, 6.45) is 0. The summed E-state index contributed by atoms with van der Waals surface area (Å²) < 4.78 is 6.00. The summed E-state index contributed by atoms with van der Waals surface area (Å²) in [7, 11) is 0. The number of furan rings is 1. The lowest BCUT2D eigenvalue weighted by molar-refractivity contribution is 0.669. The third-order valence-corrected chi connectivity index (χ3v) is 4.47. The second-order valence-electron chi connectivity index (χ2n) is 4.94. The van der Waals surface area contributed by atoms with Crippen molar-refractivity contribution in [3.63, 3.8) is 0 Å². The van der Waals surface area contributed by atoms with Gasteiger partial charge in [0.15, 0.2) is 5.58 Å². The first-order chi connectivity index (χ1) is 10.3. The van der Waals surface area contributed by atoms with Crippen molar-refractivity contribution >= 4 is 44.7 Å². The number of para-hydroxylation sites is 1. The summed E-state index contributed by atoms with van der Waals surface area (Å²) in [6.45, 7) is 0.785. The third kappa shape index (κ3) is 2.04. The molecule has 4 rings (SSSR count). The van der Waals surface area contributed by atoms with E-state index in [-0.39, 0.29) is 0 Å². The monoisotopic (exact) mass is 294 g/mol. The van der Waals surface area contributed by atoms with Gasteiger partial charge in [-0.05, 0) is 29.6 Å². The molecular weight excluding hydrogens is 280 g/mol. The fourth-order valence-electron chi connectivity index (χ4n) is 2.59. The highest BCUT2D eigenvalue weighted by molar-refractivity contribution is 7.09. The van der Waals surface area contributed by atoms with Crippen molar-refractivity contribution in [2.24, 2.45) is 0 Å². The molecule has 104 valence electrons. The fraction of sp³-hybridized carbons (Fsp3) is 0.0588. The number of hydrogen-bond acceptors (Lipinski definition) is 4. The highest BCUT2D eigenvalue weighted by Gasteiger charge is 2.13. The summed E-state index contributed by atoms with van der Waals surface area (Å²) in [6, 6.07) is 16.1. The van der Waals surface area contributed by atoms with Crippen LogP contribution in [0.3, 0.4) is 0 Å². The molecule has 0 bridgehead atoms. The zero-order valence-electron chi connectivity index (χ0n) is 11.3. The standard InChI is InChI=1S/C17H14N2OS/c18-13-7-8-14(19-10-11-4-3-9-21-11)17-16(13)12-5-1-2-6-15(12)20-17/h1-9,19H,10,18H2. The molecule has 0 radical (unpaired) electrons. The molecule has 0 saturated carbocycles. The minimum atomic E-state index is 0.747. The topological polar surface area (TPSA) is 51.2 Å². The van der Waals surface area contributed by atoms with Crippen molar-refractivity contribution < 1.29 is 4.42 Å². The van der Waals surface area contributed by atoms with Crippen molar-refractivity contribution in [2.45, 2.75) is 6.54 Å². The summed E-state index contributed by atoms with van der Waals surface area (Å²) in [4.78, 5) is 1.29. The van der Waals surface area contributed by atoms with Gasteiger partial charge in [0.25, 0.3) is 0 Å². The van der Waals surface area contributed by atoms with Gasteiger partial charge >= 0.3 is 0 Å². The summed E-state index contributed by atoms with van der Waals surface area (Å²) >= 11 is 1.74. The van der Waals surface area contributed by atoms with Gasteiger partial charge in [-0.25, -0.2) is 0 Å². The lowest BCUT2D eigenvalue weighted by Gasteiger charge is -2.06. The molecule has 2 aromatic heterocycles. The molecule has 4 heteroatoms. The first-order valence-electron chi connectivity index (χ1n) is 6.79. The number of nitrogen functional groups attached to an aromatic ring is 1. The van der Waals surface area contributed by atoms with Crippen LogP contribution < -0.4 is 11.1 Å². The van der Waals surface area contributed by atoms with Crippen LogP contribution in [0.1, 0.15) is 4.88 Å². The van der Waals surface area contributed by atoms with E-state index in [1.807, 2.05) is 36.4 Å². The number of hydrogen-bond donors (Lipinski definition) is 2. The Balaban J connectivity index is 1.84. The molecule has 2 aromatic carbocycles. The van der Waals surface area contributed by atoms with Crippen LogP contribution in [0.4, 0.5) is 11.4 Å². The zero-order chi connectivity index (χ0) is 14.2. The number of fused-ring (bicyclic) bond motifs is 3. The molecule has 0 fully saturated rings. The Labute approximate surface area is 126 Å². The van der Waals surface area contributed by atoms with Crippen molar-refractivity contribution in [3.05, 3.63) is 58.8 Å². The van der Waals surface area contributed by atoms with Gasteiger partial charge in [0.1, 0.15) is 5.58 Å². The van der Waals surface area contributed by atoms with Crippen LogP contribution in [0.5, 0.6) is 0 Å². The van der Waals surface area contributed by atoms with Crippen molar-refractivity contribution in [1.82, 2.24) is 0 Å². The quantitative estimate of drug-likeness (QED) is 0.531. The summed E-state index contributed by atoms with van der Waals surface area (Å²) in [5, 5.41) is 7.57. The van der Waals surface area contributed by atoms with E-state index in [1.54, 1.807) is 11.3 Å². The predicted octanol–water partition coefficient (Wildman–Crippen LogP) is 4.84. The summed E-state index contributed by atoms with van der Waals surface area (Å²) in [5.41, 5.74) is 9.56. The Morgan fingerprint density at radius 2 is 1.95 bits per heavy atom. The predicted molar refractivity (Wildman–Crippen MR) is 89.8 cm³/mol. The van der Waals surface area contributed by atoms with E-state index >= 15 is 0 Å². The lowest BCUT2D eigenvalue weighted by Crippen LogP contribution is -1.98. The number of nitrogens with two attached hydrogens (primary N) is 1. The van der Waals surface area contributed by atoms with Gasteiger partial charge in [-0.15, -0.1) is 11.3 Å². The van der Waals surface area contributed by atoms with E-state index in [9.17, 15) is 0 Å². The van der Waals surface area contributed by atoms with Crippen LogP contribution in [-0.2, 0) is 6.54 Å². The Hall–Kier alpha value is -2.46. The van der Waals surface area contributed by atoms with Gasteiger partial charge in [0.2, 0.25) is 0 Å². The maximum atomic E-state index is 6.14. The number of benzene rings is 2. The van der Waals surface area contributed by atoms with E-state index < -0.39 is 0 Å². The maximum absolute atomic E-state index is 6.14. The molecule has 0 atom stereocenters. The van der Waals surface area contributed by atoms with Gasteiger partial charge in [-0.1, -0.05) is 24.3 Å². The van der Waals surface area contributed by atoms with Crippen molar-refractivity contribution in [2.75, 3.05) is 11.1 Å². The molecular formula is C17H14N2OS. The van der Waals surface area contributed by atoms with E-state index in [4.69, 9.17) is 10.2 Å². The van der Waals surface area contributed by atoms with E-state index in [0.717, 1.165) is 39.9 Å². The molecule has 0 aliphatic carbocycles. The molecule has 3 nitrogen and oxygen atoms in total. The molecule has 0 aliphatic rings. The first-order valence-corrected chi connectivity index (χ1v) is 7.67. The van der Waals surface area contributed by atoms with Crippen molar-refractivity contribution in [3.8, 4) is 0 Å². The van der Waals surface area contributed by atoms with Gasteiger partial charge in [0, 0.05) is 22.5 Å². The second-order valence-corrected chi connectivity index (χ2v) is 5.97. The van der Waals surface area contributed by atoms with Crippen LogP contribution in [0.15, 0.2) is 58.3 Å². The average molecular weight is 294 g/mol. The molecule has 21 heavy (non-hydrogen) atoms. The minimum Gasteiger partial charge on any atom is -0.454 e.